The third kappa shape index (κ3) is 4.76. The van der Waals surface area contributed by atoms with E-state index in [2.05, 4.69) is 17.2 Å². The minimum atomic E-state index is -3.80. The summed E-state index contributed by atoms with van der Waals surface area (Å²) in [4.78, 5) is 15.7. The molecule has 9 nitrogen and oxygen atoms in total. The minimum absolute atomic E-state index is 0.0671. The Balaban J connectivity index is 1.70. The fourth-order valence-electron chi connectivity index (χ4n) is 4.07. The zero-order valence-electron chi connectivity index (χ0n) is 18.6. The number of nitrogens with one attached hydrogen (secondary N) is 1. The number of nitrogens with zero attached hydrogens (tertiary/aromatic N) is 4. The van der Waals surface area contributed by atoms with Crippen molar-refractivity contribution in [2.75, 3.05) is 18.4 Å². The normalized spacial score (nSPS) is 16.4. The van der Waals surface area contributed by atoms with Crippen molar-refractivity contribution < 1.29 is 13.3 Å². The van der Waals surface area contributed by atoms with Gasteiger partial charge in [-0.25, -0.2) is 13.4 Å². The van der Waals surface area contributed by atoms with Crippen LogP contribution in [0, 0.1) is 16.0 Å². The van der Waals surface area contributed by atoms with E-state index in [1.54, 1.807) is 12.4 Å². The summed E-state index contributed by atoms with van der Waals surface area (Å²) < 4.78 is 29.5. The highest BCUT2D eigenvalue weighted by Crippen LogP contribution is 2.34. The molecule has 0 saturated carbocycles. The largest absolute Gasteiger partial charge is 0.366 e. The summed E-state index contributed by atoms with van der Waals surface area (Å²) in [6.45, 7) is 2.94. The molecule has 1 fully saturated rings. The lowest BCUT2D eigenvalue weighted by atomic mass is 10.0. The number of nitro benzene ring substituents is 1. The Labute approximate surface area is 193 Å². The number of piperidine rings is 1. The molecule has 0 spiro atoms. The summed E-state index contributed by atoms with van der Waals surface area (Å²) in [5.41, 5.74) is 0.805. The first-order chi connectivity index (χ1) is 15.8. The Hall–Kier alpha value is -3.24. The van der Waals surface area contributed by atoms with Gasteiger partial charge in [-0.05, 0) is 36.5 Å². The predicted molar refractivity (Wildman–Crippen MR) is 125 cm³/mol. The van der Waals surface area contributed by atoms with E-state index in [1.807, 2.05) is 41.9 Å². The molecule has 4 rings (SSSR count). The zero-order chi connectivity index (χ0) is 23.6. The SMILES string of the molecule is CC1CCN(S(=O)(=O)c2ccc(NC(c3ccccc3)c3nccn3C)c([N+](=O)[O-])c2)CC1. The molecule has 0 bridgehead atoms. The number of aromatic nitrogens is 2. The third-order valence-electron chi connectivity index (χ3n) is 6.10. The number of rotatable bonds is 7. The molecular formula is C23H27N5O4S. The fraction of sp³-hybridized carbons (Fsp3) is 0.348. The molecular weight excluding hydrogens is 442 g/mol. The van der Waals surface area contributed by atoms with Gasteiger partial charge in [0.1, 0.15) is 17.6 Å². The van der Waals surface area contributed by atoms with Crippen molar-refractivity contribution in [2.45, 2.75) is 30.7 Å². The summed E-state index contributed by atoms with van der Waals surface area (Å²) in [7, 11) is -1.95. The number of hydrogen-bond donors (Lipinski definition) is 1. The van der Waals surface area contributed by atoms with Gasteiger partial charge in [-0.15, -0.1) is 0 Å². The van der Waals surface area contributed by atoms with E-state index < -0.39 is 21.0 Å². The fourth-order valence-corrected chi connectivity index (χ4v) is 5.56. The topological polar surface area (TPSA) is 110 Å². The Morgan fingerprint density at radius 3 is 2.45 bits per heavy atom. The average molecular weight is 470 g/mol. The van der Waals surface area contributed by atoms with E-state index in [9.17, 15) is 18.5 Å². The second kappa shape index (κ2) is 9.32. The van der Waals surface area contributed by atoms with Crippen LogP contribution < -0.4 is 5.32 Å². The van der Waals surface area contributed by atoms with E-state index in [-0.39, 0.29) is 16.3 Å². The summed E-state index contributed by atoms with van der Waals surface area (Å²) in [5.74, 6) is 1.15. The van der Waals surface area contributed by atoms with Gasteiger partial charge in [0.15, 0.2) is 0 Å². The predicted octanol–water partition coefficient (Wildman–Crippen LogP) is 3.95. The molecule has 1 atom stereocenters. The molecule has 1 unspecified atom stereocenters. The molecule has 3 aromatic rings. The van der Waals surface area contributed by atoms with Crippen molar-refractivity contribution in [2.24, 2.45) is 13.0 Å². The van der Waals surface area contributed by atoms with E-state index >= 15 is 0 Å². The van der Waals surface area contributed by atoms with Gasteiger partial charge in [0, 0.05) is 38.6 Å². The zero-order valence-corrected chi connectivity index (χ0v) is 19.4. The number of hydrogen-bond acceptors (Lipinski definition) is 6. The molecule has 33 heavy (non-hydrogen) atoms. The van der Waals surface area contributed by atoms with E-state index in [0.29, 0.717) is 24.8 Å². The van der Waals surface area contributed by atoms with Crippen LogP contribution in [0.5, 0.6) is 0 Å². The highest BCUT2D eigenvalue weighted by Gasteiger charge is 2.31. The molecule has 174 valence electrons. The lowest BCUT2D eigenvalue weighted by molar-refractivity contribution is -0.384. The molecule has 0 amide bonds. The van der Waals surface area contributed by atoms with Crippen LogP contribution in [0.2, 0.25) is 0 Å². The summed E-state index contributed by atoms with van der Waals surface area (Å²) in [5, 5.41) is 15.1. The van der Waals surface area contributed by atoms with Crippen LogP contribution in [-0.2, 0) is 17.1 Å². The summed E-state index contributed by atoms with van der Waals surface area (Å²) in [6, 6.07) is 13.1. The maximum Gasteiger partial charge on any atom is 0.293 e. The Morgan fingerprint density at radius 1 is 1.15 bits per heavy atom. The summed E-state index contributed by atoms with van der Waals surface area (Å²) in [6.07, 6.45) is 5.03. The molecule has 1 saturated heterocycles. The highest BCUT2D eigenvalue weighted by molar-refractivity contribution is 7.89. The first kappa shape index (κ1) is 22.9. The number of imidazole rings is 1. The minimum Gasteiger partial charge on any atom is -0.366 e. The quantitative estimate of drug-likeness (QED) is 0.414. The standard InChI is InChI=1S/C23H27N5O4S/c1-17-10-13-27(14-11-17)33(31,32)19-8-9-20(21(16-19)28(29)30)25-22(18-6-4-3-5-7-18)23-24-12-15-26(23)2/h3-9,12,15-17,22,25H,10-11,13-14H2,1-2H3. The second-order valence-electron chi connectivity index (χ2n) is 8.41. The van der Waals surface area contributed by atoms with Gasteiger partial charge in [-0.3, -0.25) is 10.1 Å². The smallest absolute Gasteiger partial charge is 0.293 e. The van der Waals surface area contributed by atoms with Gasteiger partial charge in [0.05, 0.1) is 9.82 Å². The van der Waals surface area contributed by atoms with Crippen molar-refractivity contribution >= 4 is 21.4 Å². The molecule has 2 aromatic carbocycles. The molecule has 0 aliphatic carbocycles. The maximum absolute atomic E-state index is 13.1. The van der Waals surface area contributed by atoms with Gasteiger partial charge in [-0.2, -0.15) is 4.31 Å². The Morgan fingerprint density at radius 2 is 1.85 bits per heavy atom. The number of nitro groups is 1. The Bertz CT molecular complexity index is 1230. The van der Waals surface area contributed by atoms with Crippen molar-refractivity contribution in [1.82, 2.24) is 13.9 Å². The number of aryl methyl sites for hydroxylation is 1. The van der Waals surface area contributed by atoms with Crippen molar-refractivity contribution in [3.63, 3.8) is 0 Å². The van der Waals surface area contributed by atoms with Gasteiger partial charge in [0.2, 0.25) is 10.0 Å². The van der Waals surface area contributed by atoms with Crippen molar-refractivity contribution in [3.05, 3.63) is 82.4 Å². The van der Waals surface area contributed by atoms with E-state index in [0.717, 1.165) is 24.5 Å². The number of sulfonamides is 1. The van der Waals surface area contributed by atoms with Crippen molar-refractivity contribution in [1.29, 1.82) is 0 Å². The van der Waals surface area contributed by atoms with Gasteiger partial charge >= 0.3 is 0 Å². The van der Waals surface area contributed by atoms with Crippen LogP contribution in [0.15, 0.2) is 65.8 Å². The first-order valence-corrected chi connectivity index (χ1v) is 12.3. The Kier molecular flexibility index (Phi) is 6.48. The number of anilines is 1. The van der Waals surface area contributed by atoms with E-state index in [1.165, 1.54) is 16.4 Å². The molecule has 1 aromatic heterocycles. The highest BCUT2D eigenvalue weighted by atomic mass is 32.2. The van der Waals surface area contributed by atoms with Crippen molar-refractivity contribution in [3.8, 4) is 0 Å². The van der Waals surface area contributed by atoms with Crippen LogP contribution in [0.25, 0.3) is 0 Å². The number of benzene rings is 2. The third-order valence-corrected chi connectivity index (χ3v) is 7.99. The second-order valence-corrected chi connectivity index (χ2v) is 10.3. The molecule has 2 heterocycles. The molecule has 10 heteroatoms. The monoisotopic (exact) mass is 469 g/mol. The molecule has 1 aliphatic rings. The van der Waals surface area contributed by atoms with E-state index in [4.69, 9.17) is 0 Å². The molecule has 0 radical (unpaired) electrons. The van der Waals surface area contributed by atoms with Crippen LogP contribution in [0.4, 0.5) is 11.4 Å². The molecule has 1 aliphatic heterocycles. The average Bonchev–Trinajstić information content (AvgIpc) is 3.23. The van der Waals surface area contributed by atoms with Gasteiger partial charge in [0.25, 0.3) is 5.69 Å². The van der Waals surface area contributed by atoms with Crippen LogP contribution in [0.1, 0.15) is 37.2 Å². The van der Waals surface area contributed by atoms with Crippen LogP contribution in [0.3, 0.4) is 0 Å². The maximum atomic E-state index is 13.1. The lowest BCUT2D eigenvalue weighted by Crippen LogP contribution is -2.37. The molecule has 1 N–H and O–H groups in total. The van der Waals surface area contributed by atoms with Gasteiger partial charge in [-0.1, -0.05) is 37.3 Å². The van der Waals surface area contributed by atoms with Crippen LogP contribution in [-0.4, -0.2) is 40.3 Å². The lowest BCUT2D eigenvalue weighted by Gasteiger charge is -2.29. The first-order valence-electron chi connectivity index (χ1n) is 10.8. The summed E-state index contributed by atoms with van der Waals surface area (Å²) >= 11 is 0. The van der Waals surface area contributed by atoms with Gasteiger partial charge < -0.3 is 9.88 Å². The van der Waals surface area contributed by atoms with Crippen LogP contribution >= 0.6 is 0 Å².